The first-order valence-electron chi connectivity index (χ1n) is 6.25. The maximum absolute atomic E-state index is 5.39. The minimum Gasteiger partial charge on any atom is -0.493 e. The zero-order valence-corrected chi connectivity index (χ0v) is 11.1. The van der Waals surface area contributed by atoms with Crippen LogP contribution >= 0.6 is 0 Å². The third-order valence-electron chi connectivity index (χ3n) is 3.56. The van der Waals surface area contributed by atoms with Crippen LogP contribution in [0.5, 0.6) is 11.5 Å². The molecule has 1 atom stereocenters. The van der Waals surface area contributed by atoms with Crippen molar-refractivity contribution >= 4 is 0 Å². The molecule has 0 radical (unpaired) electrons. The number of fused-ring (bicyclic) bond motifs is 1. The van der Waals surface area contributed by atoms with Gasteiger partial charge < -0.3 is 14.8 Å². The van der Waals surface area contributed by atoms with E-state index in [4.69, 9.17) is 9.47 Å². The summed E-state index contributed by atoms with van der Waals surface area (Å²) in [5.74, 6) is 2.31. The van der Waals surface area contributed by atoms with Crippen LogP contribution in [0.15, 0.2) is 12.1 Å². The van der Waals surface area contributed by atoms with Crippen molar-refractivity contribution in [3.8, 4) is 11.5 Å². The molecule has 0 aromatic heterocycles. The van der Waals surface area contributed by atoms with Gasteiger partial charge in [-0.25, -0.2) is 0 Å². The van der Waals surface area contributed by atoms with E-state index >= 15 is 0 Å². The van der Waals surface area contributed by atoms with Crippen molar-refractivity contribution < 1.29 is 14.8 Å². The molecule has 0 bridgehead atoms. The number of ether oxygens (including phenoxy) is 2. The molecule has 1 aliphatic heterocycles. The topological polar surface area (TPSA) is 35.1 Å². The van der Waals surface area contributed by atoms with E-state index in [0.717, 1.165) is 24.5 Å². The first kappa shape index (κ1) is 12.2. The average molecular weight is 236 g/mol. The van der Waals surface area contributed by atoms with Crippen LogP contribution in [0, 0.1) is 5.92 Å². The molecule has 1 aliphatic rings. The van der Waals surface area contributed by atoms with Crippen molar-refractivity contribution in [2.24, 2.45) is 5.92 Å². The van der Waals surface area contributed by atoms with Gasteiger partial charge >= 0.3 is 0 Å². The Labute approximate surface area is 103 Å². The van der Waals surface area contributed by atoms with E-state index in [1.54, 1.807) is 14.2 Å². The Bertz CT molecular complexity index is 401. The summed E-state index contributed by atoms with van der Waals surface area (Å²) < 4.78 is 10.8. The van der Waals surface area contributed by atoms with E-state index in [9.17, 15) is 0 Å². The quantitative estimate of drug-likeness (QED) is 0.863. The van der Waals surface area contributed by atoms with Gasteiger partial charge in [-0.2, -0.15) is 0 Å². The summed E-state index contributed by atoms with van der Waals surface area (Å²) >= 11 is 0. The minimum absolute atomic E-state index is 0.540. The normalized spacial score (nSPS) is 19.0. The number of rotatable bonds is 3. The molecule has 94 valence electrons. The lowest BCUT2D eigenvalue weighted by Crippen LogP contribution is -2.88. The van der Waals surface area contributed by atoms with Gasteiger partial charge in [-0.3, -0.25) is 0 Å². The van der Waals surface area contributed by atoms with Crippen molar-refractivity contribution in [3.63, 3.8) is 0 Å². The van der Waals surface area contributed by atoms with Crippen molar-refractivity contribution in [1.29, 1.82) is 0 Å². The van der Waals surface area contributed by atoms with E-state index in [-0.39, 0.29) is 0 Å². The highest BCUT2D eigenvalue weighted by atomic mass is 16.5. The second kappa shape index (κ2) is 4.96. The third-order valence-corrected chi connectivity index (χ3v) is 3.56. The van der Waals surface area contributed by atoms with Gasteiger partial charge in [0.2, 0.25) is 0 Å². The highest BCUT2D eigenvalue weighted by molar-refractivity contribution is 5.48. The summed E-state index contributed by atoms with van der Waals surface area (Å²) in [6.07, 6.45) is 1.11. The first-order chi connectivity index (χ1) is 8.17. The second-order valence-corrected chi connectivity index (χ2v) is 4.95. The molecular formula is C14H22NO2+. The summed E-state index contributed by atoms with van der Waals surface area (Å²) in [6, 6.07) is 4.82. The van der Waals surface area contributed by atoms with E-state index in [2.05, 4.69) is 31.3 Å². The van der Waals surface area contributed by atoms with Crippen LogP contribution < -0.4 is 14.8 Å². The van der Waals surface area contributed by atoms with Crippen LogP contribution in [0.1, 0.15) is 31.0 Å². The molecule has 0 unspecified atom stereocenters. The van der Waals surface area contributed by atoms with Gasteiger partial charge in [-0.05, 0) is 17.7 Å². The third kappa shape index (κ3) is 2.25. The summed E-state index contributed by atoms with van der Waals surface area (Å²) in [5, 5.41) is 2.43. The summed E-state index contributed by atoms with van der Waals surface area (Å²) in [6.45, 7) is 5.70. The van der Waals surface area contributed by atoms with Crippen molar-refractivity contribution in [2.75, 3.05) is 20.8 Å². The molecule has 2 N–H and O–H groups in total. The Hall–Kier alpha value is -1.22. The van der Waals surface area contributed by atoms with E-state index < -0.39 is 0 Å². The molecule has 3 nitrogen and oxygen atoms in total. The Kier molecular flexibility index (Phi) is 3.57. The lowest BCUT2D eigenvalue weighted by atomic mass is 9.87. The largest absolute Gasteiger partial charge is 0.493 e. The van der Waals surface area contributed by atoms with E-state index in [1.807, 2.05) is 0 Å². The van der Waals surface area contributed by atoms with E-state index in [1.165, 1.54) is 11.1 Å². The molecular weight excluding hydrogens is 214 g/mol. The molecule has 1 aromatic rings. The number of quaternary nitrogens is 1. The monoisotopic (exact) mass is 236 g/mol. The van der Waals surface area contributed by atoms with Gasteiger partial charge in [-0.1, -0.05) is 13.8 Å². The maximum Gasteiger partial charge on any atom is 0.161 e. The van der Waals surface area contributed by atoms with Crippen LogP contribution in [0.3, 0.4) is 0 Å². The number of methoxy groups -OCH3 is 2. The fourth-order valence-corrected chi connectivity index (χ4v) is 2.64. The van der Waals surface area contributed by atoms with Crippen LogP contribution in [0.4, 0.5) is 0 Å². The van der Waals surface area contributed by atoms with Gasteiger partial charge in [0.1, 0.15) is 6.04 Å². The SMILES string of the molecule is COc1cc2c(cc1OC)[C@@H](C(C)C)[NH2+]CC2. The molecule has 0 aliphatic carbocycles. The fourth-order valence-electron chi connectivity index (χ4n) is 2.64. The number of nitrogens with two attached hydrogens (primary N) is 1. The number of benzene rings is 1. The lowest BCUT2D eigenvalue weighted by Gasteiger charge is -2.27. The molecule has 3 heteroatoms. The standard InChI is InChI=1S/C14H21NO2/c1-9(2)14-11-8-13(17-4)12(16-3)7-10(11)5-6-15-14/h7-9,14-15H,5-6H2,1-4H3/p+1/t14-/m1/s1. The summed E-state index contributed by atoms with van der Waals surface area (Å²) in [4.78, 5) is 0. The highest BCUT2D eigenvalue weighted by Gasteiger charge is 2.27. The van der Waals surface area contributed by atoms with Crippen LogP contribution in [0.25, 0.3) is 0 Å². The molecule has 0 spiro atoms. The Morgan fingerprint density at radius 2 is 1.82 bits per heavy atom. The highest BCUT2D eigenvalue weighted by Crippen LogP contribution is 2.35. The molecule has 0 fully saturated rings. The van der Waals surface area contributed by atoms with Crippen molar-refractivity contribution in [1.82, 2.24) is 0 Å². The van der Waals surface area contributed by atoms with Gasteiger partial charge in [0, 0.05) is 17.9 Å². The van der Waals surface area contributed by atoms with Crippen molar-refractivity contribution in [2.45, 2.75) is 26.3 Å². The Morgan fingerprint density at radius 1 is 1.18 bits per heavy atom. The summed E-state index contributed by atoms with van der Waals surface area (Å²) in [7, 11) is 3.39. The van der Waals surface area contributed by atoms with Crippen molar-refractivity contribution in [3.05, 3.63) is 23.3 Å². The smallest absolute Gasteiger partial charge is 0.161 e. The average Bonchev–Trinajstić information content (AvgIpc) is 2.35. The zero-order valence-electron chi connectivity index (χ0n) is 11.1. The van der Waals surface area contributed by atoms with Gasteiger partial charge in [0.05, 0.1) is 20.8 Å². The minimum atomic E-state index is 0.540. The molecule has 1 aromatic carbocycles. The van der Waals surface area contributed by atoms with Gasteiger partial charge in [-0.15, -0.1) is 0 Å². The fraction of sp³-hybridized carbons (Fsp3) is 0.571. The maximum atomic E-state index is 5.39. The number of hydrogen-bond donors (Lipinski definition) is 1. The first-order valence-corrected chi connectivity index (χ1v) is 6.25. The molecule has 1 heterocycles. The van der Waals surface area contributed by atoms with Gasteiger partial charge in [0.15, 0.2) is 11.5 Å². The molecule has 0 saturated heterocycles. The lowest BCUT2D eigenvalue weighted by molar-refractivity contribution is -0.705. The van der Waals surface area contributed by atoms with Crippen LogP contribution in [0.2, 0.25) is 0 Å². The van der Waals surface area contributed by atoms with Crippen LogP contribution in [-0.2, 0) is 6.42 Å². The molecule has 0 saturated carbocycles. The Morgan fingerprint density at radius 3 is 2.41 bits per heavy atom. The number of hydrogen-bond acceptors (Lipinski definition) is 2. The molecule has 0 amide bonds. The molecule has 2 rings (SSSR count). The molecule has 17 heavy (non-hydrogen) atoms. The predicted octanol–water partition coefficient (Wildman–Crippen LogP) is 1.52. The summed E-state index contributed by atoms with van der Waals surface area (Å²) in [5.41, 5.74) is 2.81. The Balaban J connectivity index is 2.47. The predicted molar refractivity (Wildman–Crippen MR) is 67.6 cm³/mol. The zero-order chi connectivity index (χ0) is 12.4. The van der Waals surface area contributed by atoms with Crippen LogP contribution in [-0.4, -0.2) is 20.8 Å². The van der Waals surface area contributed by atoms with E-state index in [0.29, 0.717) is 12.0 Å². The second-order valence-electron chi connectivity index (χ2n) is 4.95. The van der Waals surface area contributed by atoms with Gasteiger partial charge in [0.25, 0.3) is 0 Å².